The molecule has 132 valence electrons. The van der Waals surface area contributed by atoms with Gasteiger partial charge in [-0.05, 0) is 44.0 Å². The van der Waals surface area contributed by atoms with E-state index in [0.29, 0.717) is 0 Å². The summed E-state index contributed by atoms with van der Waals surface area (Å²) >= 11 is 0. The molecule has 1 saturated carbocycles. The molecule has 2 aliphatic rings. The molecule has 3 aromatic rings. The maximum atomic E-state index is 13.5. The maximum absolute atomic E-state index is 13.5. The molecule has 1 N–H and O–H groups in total. The van der Waals surface area contributed by atoms with Crippen LogP contribution in [-0.2, 0) is 5.66 Å². The van der Waals surface area contributed by atoms with Crippen LogP contribution in [0.2, 0.25) is 0 Å². The first-order valence-electron chi connectivity index (χ1n) is 9.37. The Morgan fingerprint density at radius 3 is 2.62 bits per heavy atom. The van der Waals surface area contributed by atoms with Crippen molar-refractivity contribution in [2.75, 3.05) is 5.32 Å². The number of anilines is 1. The van der Waals surface area contributed by atoms with Crippen LogP contribution in [0.25, 0.3) is 11.0 Å². The van der Waals surface area contributed by atoms with Crippen LogP contribution < -0.4 is 5.32 Å². The summed E-state index contributed by atoms with van der Waals surface area (Å²) in [5.74, 6) is 0.877. The Morgan fingerprint density at radius 2 is 1.81 bits per heavy atom. The number of nitrogens with one attached hydrogen (secondary N) is 1. The number of hydrogen-bond donors (Lipinski definition) is 1. The third-order valence-electron chi connectivity index (χ3n) is 5.83. The zero-order valence-corrected chi connectivity index (χ0v) is 14.9. The topological polar surface area (TPSA) is 45.5 Å². The third-order valence-corrected chi connectivity index (χ3v) is 5.83. The second-order valence-electron chi connectivity index (χ2n) is 7.50. The summed E-state index contributed by atoms with van der Waals surface area (Å²) in [7, 11) is 0. The zero-order chi connectivity index (χ0) is 17.7. The summed E-state index contributed by atoms with van der Waals surface area (Å²) in [6.07, 6.45) is 4.44. The van der Waals surface area contributed by atoms with Crippen molar-refractivity contribution in [2.45, 2.75) is 44.3 Å². The lowest BCUT2D eigenvalue weighted by atomic mass is 9.95. The fourth-order valence-electron chi connectivity index (χ4n) is 4.53. The van der Waals surface area contributed by atoms with Crippen LogP contribution in [0.15, 0.2) is 59.0 Å². The molecule has 1 amide bonds. The van der Waals surface area contributed by atoms with E-state index in [-0.39, 0.29) is 11.9 Å². The highest BCUT2D eigenvalue weighted by atomic mass is 16.3. The van der Waals surface area contributed by atoms with Crippen molar-refractivity contribution in [1.82, 2.24) is 4.90 Å². The van der Waals surface area contributed by atoms with E-state index in [1.807, 2.05) is 53.4 Å². The summed E-state index contributed by atoms with van der Waals surface area (Å²) in [6.45, 7) is 2.07. The number of nitrogens with zero attached hydrogens (tertiary/aromatic N) is 1. The smallest absolute Gasteiger partial charge is 0.258 e. The van der Waals surface area contributed by atoms with Crippen LogP contribution in [0.5, 0.6) is 0 Å². The maximum Gasteiger partial charge on any atom is 0.258 e. The quantitative estimate of drug-likeness (QED) is 0.701. The molecule has 26 heavy (non-hydrogen) atoms. The van der Waals surface area contributed by atoms with Gasteiger partial charge in [-0.25, -0.2) is 0 Å². The molecular formula is C22H22N2O2. The van der Waals surface area contributed by atoms with Crippen LogP contribution >= 0.6 is 0 Å². The summed E-state index contributed by atoms with van der Waals surface area (Å²) in [6, 6.07) is 18.1. The van der Waals surface area contributed by atoms with Crippen LogP contribution in [0, 0.1) is 0 Å². The Bertz CT molecular complexity index is 953. The van der Waals surface area contributed by atoms with Gasteiger partial charge in [-0.15, -0.1) is 0 Å². The van der Waals surface area contributed by atoms with E-state index >= 15 is 0 Å². The Labute approximate surface area is 152 Å². The second kappa shape index (κ2) is 5.63. The molecule has 2 heterocycles. The molecule has 0 radical (unpaired) electrons. The third kappa shape index (κ3) is 2.18. The van der Waals surface area contributed by atoms with Crippen LogP contribution in [-0.4, -0.2) is 16.8 Å². The number of fused-ring (bicyclic) bond motifs is 2. The van der Waals surface area contributed by atoms with Crippen molar-refractivity contribution < 1.29 is 9.21 Å². The van der Waals surface area contributed by atoms with Gasteiger partial charge in [-0.2, -0.15) is 0 Å². The van der Waals surface area contributed by atoms with Gasteiger partial charge in [-0.3, -0.25) is 4.79 Å². The van der Waals surface area contributed by atoms with E-state index in [1.165, 1.54) is 12.8 Å². The van der Waals surface area contributed by atoms with Crippen molar-refractivity contribution in [3.05, 3.63) is 65.9 Å². The van der Waals surface area contributed by atoms with Gasteiger partial charge in [0.2, 0.25) is 0 Å². The van der Waals surface area contributed by atoms with Crippen molar-refractivity contribution in [3.8, 4) is 0 Å². The van der Waals surface area contributed by atoms with Gasteiger partial charge in [-0.1, -0.05) is 43.2 Å². The lowest BCUT2D eigenvalue weighted by Crippen LogP contribution is -2.59. The highest BCUT2D eigenvalue weighted by Gasteiger charge is 2.48. The summed E-state index contributed by atoms with van der Waals surface area (Å²) in [5.41, 5.74) is 1.77. The second-order valence-corrected chi connectivity index (χ2v) is 7.50. The van der Waals surface area contributed by atoms with Gasteiger partial charge in [0.1, 0.15) is 5.58 Å². The molecule has 1 aliphatic carbocycles. The normalized spacial score (nSPS) is 23.3. The Hall–Kier alpha value is -2.75. The first-order valence-corrected chi connectivity index (χ1v) is 9.37. The molecule has 1 atom stereocenters. The number of carbonyl (C=O) groups is 1. The minimum absolute atomic E-state index is 0.0919. The van der Waals surface area contributed by atoms with Gasteiger partial charge in [0.25, 0.3) is 5.91 Å². The fourth-order valence-corrected chi connectivity index (χ4v) is 4.53. The predicted octanol–water partition coefficient (Wildman–Crippen LogP) is 5.12. The van der Waals surface area contributed by atoms with Gasteiger partial charge in [0.15, 0.2) is 11.4 Å². The highest BCUT2D eigenvalue weighted by molar-refractivity contribution is 6.02. The number of furan rings is 1. The minimum atomic E-state index is -0.695. The number of carbonyl (C=O) groups excluding carboxylic acids is 1. The SMILES string of the molecule is CC1(c2cc3ccccc3o2)Nc2ccccc2C(=O)N1C1CCCC1. The van der Waals surface area contributed by atoms with E-state index < -0.39 is 5.66 Å². The molecule has 4 heteroatoms. The molecule has 5 rings (SSSR count). The van der Waals surface area contributed by atoms with Gasteiger partial charge >= 0.3 is 0 Å². The van der Waals surface area contributed by atoms with Crippen molar-refractivity contribution in [3.63, 3.8) is 0 Å². The molecule has 0 saturated heterocycles. The lowest BCUT2D eigenvalue weighted by molar-refractivity contribution is 0.0331. The van der Waals surface area contributed by atoms with Gasteiger partial charge in [0.05, 0.1) is 5.56 Å². The number of rotatable bonds is 2. The van der Waals surface area contributed by atoms with E-state index in [9.17, 15) is 4.79 Å². The van der Waals surface area contributed by atoms with E-state index in [4.69, 9.17) is 4.42 Å². The standard InChI is InChI=1S/C22H22N2O2/c1-22(20-14-15-8-2-7-13-19(15)26-20)23-18-12-6-5-11-17(18)21(25)24(22)16-9-3-4-10-16/h2,5-8,11-14,16,23H,3-4,9-10H2,1H3. The lowest BCUT2D eigenvalue weighted by Gasteiger charge is -2.48. The molecule has 0 bridgehead atoms. The van der Waals surface area contributed by atoms with Crippen LogP contribution in [0.4, 0.5) is 5.69 Å². The van der Waals surface area contributed by atoms with Crippen molar-refractivity contribution >= 4 is 22.6 Å². The first kappa shape index (κ1) is 15.5. The number of hydrogen-bond acceptors (Lipinski definition) is 3. The molecule has 1 unspecified atom stereocenters. The molecule has 1 fully saturated rings. The van der Waals surface area contributed by atoms with E-state index in [2.05, 4.69) is 18.3 Å². The van der Waals surface area contributed by atoms with Crippen molar-refractivity contribution in [2.24, 2.45) is 0 Å². The van der Waals surface area contributed by atoms with E-state index in [0.717, 1.165) is 40.8 Å². The zero-order valence-electron chi connectivity index (χ0n) is 14.9. The molecular weight excluding hydrogens is 324 g/mol. The molecule has 0 spiro atoms. The first-order chi connectivity index (χ1) is 12.7. The number of para-hydroxylation sites is 2. The average Bonchev–Trinajstić information content (AvgIpc) is 3.31. The Balaban J connectivity index is 1.69. The summed E-state index contributed by atoms with van der Waals surface area (Å²) < 4.78 is 6.21. The van der Waals surface area contributed by atoms with Crippen LogP contribution in [0.3, 0.4) is 0 Å². The minimum Gasteiger partial charge on any atom is -0.457 e. The Kier molecular flexibility index (Phi) is 3.36. The molecule has 1 aliphatic heterocycles. The average molecular weight is 346 g/mol. The number of benzene rings is 2. The fraction of sp³-hybridized carbons (Fsp3) is 0.318. The summed E-state index contributed by atoms with van der Waals surface area (Å²) in [5, 5.41) is 4.68. The van der Waals surface area contributed by atoms with Crippen molar-refractivity contribution in [1.29, 1.82) is 0 Å². The largest absolute Gasteiger partial charge is 0.457 e. The summed E-state index contributed by atoms with van der Waals surface area (Å²) in [4.78, 5) is 15.5. The molecule has 4 nitrogen and oxygen atoms in total. The van der Waals surface area contributed by atoms with Gasteiger partial charge in [0, 0.05) is 17.1 Å². The van der Waals surface area contributed by atoms with E-state index in [1.54, 1.807) is 0 Å². The monoisotopic (exact) mass is 346 g/mol. The number of amides is 1. The molecule has 2 aromatic carbocycles. The van der Waals surface area contributed by atoms with Gasteiger partial charge < -0.3 is 14.6 Å². The molecule has 1 aromatic heterocycles. The Morgan fingerprint density at radius 1 is 1.08 bits per heavy atom. The highest BCUT2D eigenvalue weighted by Crippen LogP contribution is 2.43. The van der Waals surface area contributed by atoms with Crippen LogP contribution in [0.1, 0.15) is 48.7 Å². The predicted molar refractivity (Wildman–Crippen MR) is 102 cm³/mol.